The molecule has 3 atom stereocenters. The molecule has 4 aliphatic heterocycles. The Morgan fingerprint density at radius 3 is 2.66 bits per heavy atom. The zero-order valence-corrected chi connectivity index (χ0v) is 24.3. The molecule has 6 rings (SSSR count). The number of nitrogens with zero attached hydrogens (tertiary/aromatic N) is 3. The van der Waals surface area contributed by atoms with Crippen LogP contribution in [0.25, 0.3) is 0 Å². The monoisotopic (exact) mass is 614 g/mol. The highest BCUT2D eigenvalue weighted by Crippen LogP contribution is 2.46. The maximum Gasteiger partial charge on any atom is 0.514 e. The molecule has 2 saturated heterocycles. The first-order chi connectivity index (χ1) is 21.1. The second-order valence-corrected chi connectivity index (χ2v) is 11.7. The third kappa shape index (κ3) is 5.42. The summed E-state index contributed by atoms with van der Waals surface area (Å²) >= 11 is 0. The van der Waals surface area contributed by atoms with Gasteiger partial charge in [0.05, 0.1) is 25.0 Å². The van der Waals surface area contributed by atoms with E-state index in [9.17, 15) is 28.0 Å². The smallest absolute Gasteiger partial charge is 0.430 e. The van der Waals surface area contributed by atoms with E-state index in [-0.39, 0.29) is 30.4 Å². The molecule has 2 aromatic rings. The Morgan fingerprint density at radius 2 is 1.95 bits per heavy atom. The molecule has 1 aromatic heterocycles. The molecule has 14 heteroatoms. The number of halogens is 2. The molecule has 1 N–H and O–H groups in total. The van der Waals surface area contributed by atoms with Gasteiger partial charge in [-0.1, -0.05) is 11.2 Å². The summed E-state index contributed by atoms with van der Waals surface area (Å²) in [5.74, 6) is -3.77. The molecule has 0 aliphatic carbocycles. The minimum absolute atomic E-state index is 0.0103. The molecule has 0 saturated carbocycles. The van der Waals surface area contributed by atoms with E-state index in [1.807, 2.05) is 13.8 Å². The Kier molecular flexibility index (Phi) is 7.86. The van der Waals surface area contributed by atoms with Gasteiger partial charge >= 0.3 is 6.16 Å². The van der Waals surface area contributed by atoms with E-state index < -0.39 is 64.1 Å². The number of oxime groups is 1. The van der Waals surface area contributed by atoms with Crippen LogP contribution in [-0.2, 0) is 20.9 Å². The number of benzene rings is 1. The van der Waals surface area contributed by atoms with E-state index in [1.165, 1.54) is 16.8 Å². The lowest BCUT2D eigenvalue weighted by molar-refractivity contribution is -0.0656. The minimum atomic E-state index is -1.20. The van der Waals surface area contributed by atoms with Gasteiger partial charge in [0.25, 0.3) is 11.8 Å². The number of rotatable bonds is 5. The molecular weight excluding hydrogens is 582 g/mol. The van der Waals surface area contributed by atoms with Crippen LogP contribution in [0.3, 0.4) is 0 Å². The van der Waals surface area contributed by atoms with E-state index in [1.54, 1.807) is 4.90 Å². The maximum absolute atomic E-state index is 14.3. The number of hydrogen-bond acceptors (Lipinski definition) is 9. The summed E-state index contributed by atoms with van der Waals surface area (Å²) in [5.41, 5.74) is -1.83. The van der Waals surface area contributed by atoms with Crippen LogP contribution in [0.2, 0.25) is 0 Å². The van der Waals surface area contributed by atoms with E-state index in [2.05, 4.69) is 10.5 Å². The minimum Gasteiger partial charge on any atom is -0.430 e. The van der Waals surface area contributed by atoms with Crippen molar-refractivity contribution in [2.75, 3.05) is 19.8 Å². The SMILES string of the molecule is CC1=NO[C@@]2(CC[C@H](C)N3C[C@H]2n2cc(C(=O)NCc4ccc(F)cc4F)c(=O)c(OC(=O)OC4CCOCC4)c2C3=O)C1. The summed E-state index contributed by atoms with van der Waals surface area (Å²) in [4.78, 5) is 61.8. The largest absolute Gasteiger partial charge is 0.514 e. The first kappa shape index (κ1) is 29.7. The summed E-state index contributed by atoms with van der Waals surface area (Å²) in [6.45, 7) is 4.33. The number of hydrogen-bond donors (Lipinski definition) is 1. The number of ether oxygens (including phenoxy) is 3. The highest BCUT2D eigenvalue weighted by Gasteiger charge is 2.54. The van der Waals surface area contributed by atoms with Crippen molar-refractivity contribution in [3.05, 3.63) is 63.1 Å². The molecule has 1 spiro atoms. The fourth-order valence-electron chi connectivity index (χ4n) is 6.34. The lowest BCUT2D eigenvalue weighted by Gasteiger charge is -2.42. The molecule has 4 aliphatic rings. The predicted molar refractivity (Wildman–Crippen MR) is 149 cm³/mol. The van der Waals surface area contributed by atoms with Crippen LogP contribution in [0.1, 0.15) is 78.4 Å². The highest BCUT2D eigenvalue weighted by molar-refractivity contribution is 6.00. The van der Waals surface area contributed by atoms with E-state index in [4.69, 9.17) is 19.0 Å². The van der Waals surface area contributed by atoms with E-state index in [0.29, 0.717) is 51.4 Å². The topological polar surface area (TPSA) is 138 Å². The lowest BCUT2D eigenvalue weighted by Crippen LogP contribution is -2.52. The maximum atomic E-state index is 14.3. The van der Waals surface area contributed by atoms with Crippen molar-refractivity contribution in [1.82, 2.24) is 14.8 Å². The molecule has 234 valence electrons. The Balaban J connectivity index is 1.42. The van der Waals surface area contributed by atoms with Gasteiger partial charge in [-0.15, -0.1) is 0 Å². The molecule has 44 heavy (non-hydrogen) atoms. The summed E-state index contributed by atoms with van der Waals surface area (Å²) in [6.07, 6.45) is 1.97. The van der Waals surface area contributed by atoms with Gasteiger partial charge in [-0.25, -0.2) is 13.6 Å². The highest BCUT2D eigenvalue weighted by atomic mass is 19.1. The van der Waals surface area contributed by atoms with Gasteiger partial charge in [-0.2, -0.15) is 0 Å². The zero-order chi connectivity index (χ0) is 31.2. The molecule has 2 bridgehead atoms. The van der Waals surface area contributed by atoms with Crippen molar-refractivity contribution >= 4 is 23.7 Å². The Labute approximate surface area is 250 Å². The van der Waals surface area contributed by atoms with Crippen LogP contribution < -0.4 is 15.5 Å². The molecule has 12 nitrogen and oxygen atoms in total. The normalized spacial score (nSPS) is 24.7. The van der Waals surface area contributed by atoms with E-state index >= 15 is 0 Å². The summed E-state index contributed by atoms with van der Waals surface area (Å²) in [6, 6.07) is 2.07. The molecule has 5 heterocycles. The third-order valence-corrected chi connectivity index (χ3v) is 8.74. The average molecular weight is 615 g/mol. The fraction of sp³-hybridized carbons (Fsp3) is 0.500. The average Bonchev–Trinajstić information content (AvgIpc) is 3.32. The first-order valence-corrected chi connectivity index (χ1v) is 14.6. The summed E-state index contributed by atoms with van der Waals surface area (Å²) < 4.78 is 45.3. The first-order valence-electron chi connectivity index (χ1n) is 14.6. The molecule has 2 amide bonds. The van der Waals surface area contributed by atoms with Crippen molar-refractivity contribution in [1.29, 1.82) is 0 Å². The van der Waals surface area contributed by atoms with Crippen molar-refractivity contribution < 1.29 is 42.2 Å². The van der Waals surface area contributed by atoms with Crippen LogP contribution in [0.5, 0.6) is 5.75 Å². The Hall–Kier alpha value is -4.33. The van der Waals surface area contributed by atoms with E-state index in [0.717, 1.165) is 11.8 Å². The van der Waals surface area contributed by atoms with Gasteiger partial charge < -0.3 is 33.8 Å². The van der Waals surface area contributed by atoms with Crippen molar-refractivity contribution in [3.8, 4) is 5.75 Å². The molecule has 0 unspecified atom stereocenters. The quantitative estimate of drug-likeness (QED) is 0.506. The summed E-state index contributed by atoms with van der Waals surface area (Å²) in [7, 11) is 0. The van der Waals surface area contributed by atoms with Gasteiger partial charge in [-0.05, 0) is 32.8 Å². The number of fused-ring (bicyclic) bond motifs is 5. The zero-order valence-electron chi connectivity index (χ0n) is 24.3. The predicted octanol–water partition coefficient (Wildman–Crippen LogP) is 3.47. The van der Waals surface area contributed by atoms with Gasteiger partial charge in [0.1, 0.15) is 23.3 Å². The number of carbonyl (C=O) groups is 3. The molecular formula is C30H32F2N4O8. The van der Waals surface area contributed by atoms with Crippen molar-refractivity contribution in [2.45, 2.75) is 76.3 Å². The summed E-state index contributed by atoms with van der Waals surface area (Å²) in [5, 5.41) is 6.66. The van der Waals surface area contributed by atoms with Crippen LogP contribution in [0.15, 0.2) is 34.3 Å². The Morgan fingerprint density at radius 1 is 1.18 bits per heavy atom. The van der Waals surface area contributed by atoms with Gasteiger partial charge in [0.2, 0.25) is 11.2 Å². The Bertz CT molecular complexity index is 1600. The second-order valence-electron chi connectivity index (χ2n) is 11.7. The molecule has 1 aromatic carbocycles. The second kappa shape index (κ2) is 11.6. The van der Waals surface area contributed by atoms with Crippen LogP contribution >= 0.6 is 0 Å². The van der Waals surface area contributed by atoms with Crippen molar-refractivity contribution in [3.63, 3.8) is 0 Å². The number of aromatic nitrogens is 1. The van der Waals surface area contributed by atoms with Crippen LogP contribution in [-0.4, -0.2) is 70.7 Å². The molecule has 2 fully saturated rings. The van der Waals surface area contributed by atoms with Crippen molar-refractivity contribution in [2.24, 2.45) is 5.16 Å². The van der Waals surface area contributed by atoms with Gasteiger partial charge in [0.15, 0.2) is 11.3 Å². The number of pyridine rings is 1. The van der Waals surface area contributed by atoms with Gasteiger partial charge in [-0.3, -0.25) is 14.4 Å². The third-order valence-electron chi connectivity index (χ3n) is 8.74. The number of carbonyl (C=O) groups excluding carboxylic acids is 3. The standard InChI is InChI=1S/C30H32F2N4O8/c1-16-12-30(44-34-16)8-5-17(2)35-15-23(30)36-14-21(27(38)33-13-18-3-4-19(31)11-22(18)32)25(37)26(24(36)28(35)39)43-29(40)42-20-6-9-41-10-7-20/h3-4,11,14,17,20,23H,5-10,12-13,15H2,1-2H3,(H,33,38)/t17-,23+,30-/m0/s1. The van der Waals surface area contributed by atoms with Crippen LogP contribution in [0, 0.1) is 11.6 Å². The molecule has 0 radical (unpaired) electrons. The number of nitrogens with one attached hydrogen (secondary N) is 1. The lowest BCUT2D eigenvalue weighted by atomic mass is 9.84. The fourth-order valence-corrected chi connectivity index (χ4v) is 6.34. The number of amides is 2. The van der Waals surface area contributed by atoms with Crippen LogP contribution in [0.4, 0.5) is 13.6 Å². The van der Waals surface area contributed by atoms with Gasteiger partial charge in [0, 0.05) is 56.2 Å².